The van der Waals surface area contributed by atoms with Gasteiger partial charge in [0.05, 0.1) is 0 Å². The summed E-state index contributed by atoms with van der Waals surface area (Å²) < 4.78 is 0. The van der Waals surface area contributed by atoms with Crippen molar-refractivity contribution in [2.45, 2.75) is 25.7 Å². The second-order valence-corrected chi connectivity index (χ2v) is 4.34. The van der Waals surface area contributed by atoms with Crippen LogP contribution in [-0.2, 0) is 10.2 Å². The predicted molar refractivity (Wildman–Crippen MR) is 60.9 cm³/mol. The van der Waals surface area contributed by atoms with Crippen LogP contribution in [0.2, 0.25) is 0 Å². The van der Waals surface area contributed by atoms with Crippen molar-refractivity contribution in [1.82, 2.24) is 0 Å². The van der Waals surface area contributed by atoms with Crippen LogP contribution in [0.15, 0.2) is 42.5 Å². The number of carboxylic acids is 1. The highest BCUT2D eigenvalue weighted by molar-refractivity contribution is 5.86. The summed E-state index contributed by atoms with van der Waals surface area (Å²) >= 11 is 0. The van der Waals surface area contributed by atoms with Crippen LogP contribution in [0.1, 0.15) is 25.8 Å². The summed E-state index contributed by atoms with van der Waals surface area (Å²) in [6, 6.07) is 9.89. The maximum atomic E-state index is 10.7. The van der Waals surface area contributed by atoms with E-state index in [0.29, 0.717) is 6.42 Å². The van der Waals surface area contributed by atoms with Crippen molar-refractivity contribution >= 4 is 5.97 Å². The molecule has 0 spiro atoms. The highest BCUT2D eigenvalue weighted by Crippen LogP contribution is 2.29. The van der Waals surface area contributed by atoms with Crippen molar-refractivity contribution in [3.05, 3.63) is 48.0 Å². The second-order valence-electron chi connectivity index (χ2n) is 4.34. The van der Waals surface area contributed by atoms with Gasteiger partial charge in [0.15, 0.2) is 0 Å². The Kier molecular flexibility index (Phi) is 3.30. The lowest BCUT2D eigenvalue weighted by atomic mass is 9.79. The third-order valence-electron chi connectivity index (χ3n) is 2.51. The van der Waals surface area contributed by atoms with Crippen LogP contribution in [-0.4, -0.2) is 11.1 Å². The van der Waals surface area contributed by atoms with Gasteiger partial charge in [-0.1, -0.05) is 50.8 Å². The van der Waals surface area contributed by atoms with Gasteiger partial charge < -0.3 is 5.11 Å². The minimum absolute atomic E-state index is 0.184. The van der Waals surface area contributed by atoms with Gasteiger partial charge in [0.1, 0.15) is 0 Å². The van der Waals surface area contributed by atoms with Crippen LogP contribution in [0.5, 0.6) is 0 Å². The Morgan fingerprint density at radius 3 is 2.33 bits per heavy atom. The Labute approximate surface area is 90.3 Å². The van der Waals surface area contributed by atoms with Crippen LogP contribution in [0.3, 0.4) is 0 Å². The third-order valence-corrected chi connectivity index (χ3v) is 2.51. The minimum atomic E-state index is -0.918. The Morgan fingerprint density at radius 1 is 1.33 bits per heavy atom. The molecule has 1 aromatic carbocycles. The van der Waals surface area contributed by atoms with Gasteiger partial charge in [-0.2, -0.15) is 0 Å². The number of benzene rings is 1. The zero-order chi connectivity index (χ0) is 11.5. The molecular formula is C13H16O2. The van der Waals surface area contributed by atoms with Gasteiger partial charge in [0.25, 0.3) is 0 Å². The highest BCUT2D eigenvalue weighted by atomic mass is 16.4. The first-order valence-electron chi connectivity index (χ1n) is 4.90. The SMILES string of the molecule is C=C(CC(C)(C)c1ccccc1)C(=O)O. The van der Waals surface area contributed by atoms with Crippen LogP contribution >= 0.6 is 0 Å². The standard InChI is InChI=1S/C13H16O2/c1-10(12(14)15)9-13(2,3)11-7-5-4-6-8-11/h4-8H,1,9H2,2-3H3,(H,14,15). The molecule has 0 bridgehead atoms. The summed E-state index contributed by atoms with van der Waals surface area (Å²) in [4.78, 5) is 10.7. The van der Waals surface area contributed by atoms with Crippen molar-refractivity contribution in [3.63, 3.8) is 0 Å². The molecule has 1 aromatic rings. The van der Waals surface area contributed by atoms with Crippen molar-refractivity contribution < 1.29 is 9.90 Å². The Hall–Kier alpha value is -1.57. The van der Waals surface area contributed by atoms with Crippen LogP contribution in [0, 0.1) is 0 Å². The fraction of sp³-hybridized carbons (Fsp3) is 0.308. The lowest BCUT2D eigenvalue weighted by Gasteiger charge is -2.25. The molecule has 2 nitrogen and oxygen atoms in total. The molecule has 0 radical (unpaired) electrons. The van der Waals surface area contributed by atoms with Gasteiger partial charge in [-0.15, -0.1) is 0 Å². The van der Waals surface area contributed by atoms with E-state index in [1.54, 1.807) is 0 Å². The lowest BCUT2D eigenvalue weighted by molar-refractivity contribution is -0.132. The van der Waals surface area contributed by atoms with Gasteiger partial charge in [0.2, 0.25) is 0 Å². The molecule has 0 unspecified atom stereocenters. The van der Waals surface area contributed by atoms with Crippen molar-refractivity contribution in [1.29, 1.82) is 0 Å². The quantitative estimate of drug-likeness (QED) is 0.765. The minimum Gasteiger partial charge on any atom is -0.478 e. The van der Waals surface area contributed by atoms with Crippen LogP contribution < -0.4 is 0 Å². The van der Waals surface area contributed by atoms with E-state index in [1.165, 1.54) is 0 Å². The highest BCUT2D eigenvalue weighted by Gasteiger charge is 2.23. The molecule has 0 saturated carbocycles. The van der Waals surface area contributed by atoms with Gasteiger partial charge in [0, 0.05) is 5.57 Å². The Bertz CT molecular complexity index is 363. The molecule has 80 valence electrons. The molecule has 0 saturated heterocycles. The smallest absolute Gasteiger partial charge is 0.330 e. The van der Waals surface area contributed by atoms with Crippen molar-refractivity contribution in [3.8, 4) is 0 Å². The van der Waals surface area contributed by atoms with Gasteiger partial charge in [-0.05, 0) is 17.4 Å². The lowest BCUT2D eigenvalue weighted by Crippen LogP contribution is -2.20. The van der Waals surface area contributed by atoms with Crippen molar-refractivity contribution in [2.75, 3.05) is 0 Å². The average Bonchev–Trinajstić information content (AvgIpc) is 2.18. The zero-order valence-electron chi connectivity index (χ0n) is 9.16. The molecule has 0 aromatic heterocycles. The zero-order valence-corrected chi connectivity index (χ0v) is 9.16. The normalized spacial score (nSPS) is 11.1. The van der Waals surface area contributed by atoms with Gasteiger partial charge in [-0.3, -0.25) is 0 Å². The van der Waals surface area contributed by atoms with Crippen LogP contribution in [0.4, 0.5) is 0 Å². The average molecular weight is 204 g/mol. The van der Waals surface area contributed by atoms with Crippen molar-refractivity contribution in [2.24, 2.45) is 0 Å². The summed E-state index contributed by atoms with van der Waals surface area (Å²) in [5.41, 5.74) is 1.20. The van der Waals surface area contributed by atoms with E-state index in [1.807, 2.05) is 44.2 Å². The van der Waals surface area contributed by atoms with E-state index in [2.05, 4.69) is 6.58 Å². The topological polar surface area (TPSA) is 37.3 Å². The van der Waals surface area contributed by atoms with Gasteiger partial charge >= 0.3 is 5.97 Å². The summed E-state index contributed by atoms with van der Waals surface area (Å²) in [5.74, 6) is -0.918. The molecule has 0 fully saturated rings. The van der Waals surface area contributed by atoms with Gasteiger partial charge in [-0.25, -0.2) is 4.79 Å². The fourth-order valence-electron chi connectivity index (χ4n) is 1.60. The largest absolute Gasteiger partial charge is 0.478 e. The monoisotopic (exact) mass is 204 g/mol. The van der Waals surface area contributed by atoms with E-state index in [-0.39, 0.29) is 11.0 Å². The van der Waals surface area contributed by atoms with Crippen LogP contribution in [0.25, 0.3) is 0 Å². The number of hydrogen-bond acceptors (Lipinski definition) is 1. The maximum Gasteiger partial charge on any atom is 0.330 e. The van der Waals surface area contributed by atoms with E-state index < -0.39 is 5.97 Å². The molecule has 15 heavy (non-hydrogen) atoms. The molecule has 1 rings (SSSR count). The number of carbonyl (C=O) groups is 1. The summed E-state index contributed by atoms with van der Waals surface area (Å²) in [6.45, 7) is 7.61. The summed E-state index contributed by atoms with van der Waals surface area (Å²) in [6.07, 6.45) is 0.465. The van der Waals surface area contributed by atoms with E-state index >= 15 is 0 Å². The van der Waals surface area contributed by atoms with E-state index in [9.17, 15) is 4.79 Å². The molecule has 0 aliphatic rings. The molecule has 0 amide bonds. The molecule has 0 aliphatic heterocycles. The first-order chi connectivity index (χ1) is 6.93. The van der Waals surface area contributed by atoms with E-state index in [0.717, 1.165) is 5.56 Å². The molecule has 0 heterocycles. The molecule has 1 N–H and O–H groups in total. The molecule has 2 heteroatoms. The second kappa shape index (κ2) is 4.30. The summed E-state index contributed by atoms with van der Waals surface area (Å²) in [5, 5.41) is 8.79. The Morgan fingerprint density at radius 2 is 1.87 bits per heavy atom. The number of aliphatic carboxylic acids is 1. The molecule has 0 aliphatic carbocycles. The first kappa shape index (κ1) is 11.5. The molecule has 0 atom stereocenters. The Balaban J connectivity index is 2.85. The molecular weight excluding hydrogens is 188 g/mol. The number of hydrogen-bond donors (Lipinski definition) is 1. The third kappa shape index (κ3) is 2.94. The fourth-order valence-corrected chi connectivity index (χ4v) is 1.60. The number of rotatable bonds is 4. The maximum absolute atomic E-state index is 10.7. The summed E-state index contributed by atoms with van der Waals surface area (Å²) in [7, 11) is 0. The first-order valence-corrected chi connectivity index (χ1v) is 4.90. The van der Waals surface area contributed by atoms with E-state index in [4.69, 9.17) is 5.11 Å². The number of carboxylic acid groups (broad SMARTS) is 1. The predicted octanol–water partition coefficient (Wildman–Crippen LogP) is 3.00.